The van der Waals surface area contributed by atoms with Crippen LogP contribution in [0.4, 0.5) is 0 Å². The maximum absolute atomic E-state index is 12.4. The minimum atomic E-state index is -1.30. The molecule has 3 rings (SSSR count). The minimum absolute atomic E-state index is 0.541. The highest BCUT2D eigenvalue weighted by atomic mass is 32.2. The van der Waals surface area contributed by atoms with E-state index >= 15 is 0 Å². The van der Waals surface area contributed by atoms with Gasteiger partial charge in [0, 0.05) is 44.2 Å². The summed E-state index contributed by atoms with van der Waals surface area (Å²) in [6.45, 7) is 3.12. The third-order valence-electron chi connectivity index (χ3n) is 4.19. The molecule has 0 aliphatic rings. The van der Waals surface area contributed by atoms with E-state index in [0.29, 0.717) is 36.0 Å². The Morgan fingerprint density at radius 2 is 2.00 bits per heavy atom. The number of nitrogens with zero attached hydrogens (tertiary/aromatic N) is 3. The molecule has 0 amide bonds. The van der Waals surface area contributed by atoms with Crippen LogP contribution >= 0.6 is 0 Å². The molecule has 1 unspecified atom stereocenters. The molecule has 1 aromatic carbocycles. The van der Waals surface area contributed by atoms with Gasteiger partial charge in [-0.2, -0.15) is 0 Å². The lowest BCUT2D eigenvalue weighted by Gasteiger charge is -2.12. The largest absolute Gasteiger partial charge is 0.497 e. The summed E-state index contributed by atoms with van der Waals surface area (Å²) in [5, 5.41) is 0. The number of rotatable bonds is 8. The molecule has 0 radical (unpaired) electrons. The van der Waals surface area contributed by atoms with Crippen molar-refractivity contribution in [1.29, 1.82) is 0 Å². The van der Waals surface area contributed by atoms with Crippen LogP contribution in [0.25, 0.3) is 22.6 Å². The predicted molar refractivity (Wildman–Crippen MR) is 106 cm³/mol. The highest BCUT2D eigenvalue weighted by Gasteiger charge is 2.20. The van der Waals surface area contributed by atoms with Crippen LogP contribution in [0.1, 0.15) is 12.0 Å². The summed E-state index contributed by atoms with van der Waals surface area (Å²) >= 11 is 0. The summed E-state index contributed by atoms with van der Waals surface area (Å²) < 4.78 is 30.3. The first kappa shape index (κ1) is 19.3. The molecule has 0 bridgehead atoms. The Balaban J connectivity index is 2.06. The molecular weight excluding hydrogens is 366 g/mol. The van der Waals surface area contributed by atoms with E-state index in [2.05, 4.69) is 9.97 Å². The molecule has 0 saturated carbocycles. The summed E-state index contributed by atoms with van der Waals surface area (Å²) in [5.74, 6) is 1.97. The molecule has 0 N–H and O–H groups in total. The van der Waals surface area contributed by atoms with E-state index in [1.54, 1.807) is 30.6 Å². The summed E-state index contributed by atoms with van der Waals surface area (Å²) in [4.78, 5) is 9.16. The number of hydrogen-bond donors (Lipinski definition) is 0. The quantitative estimate of drug-likeness (QED) is 0.552. The van der Waals surface area contributed by atoms with E-state index in [9.17, 15) is 4.21 Å². The van der Waals surface area contributed by atoms with E-state index in [-0.39, 0.29) is 0 Å². The number of fused-ring (bicyclic) bond motifs is 1. The second-order valence-electron chi connectivity index (χ2n) is 5.99. The highest BCUT2D eigenvalue weighted by molar-refractivity contribution is 7.83. The topological polar surface area (TPSA) is 75.5 Å². The van der Waals surface area contributed by atoms with E-state index in [1.165, 1.54) is 0 Å². The minimum Gasteiger partial charge on any atom is -0.497 e. The van der Waals surface area contributed by atoms with Gasteiger partial charge in [-0.3, -0.25) is 4.98 Å². The maximum Gasteiger partial charge on any atom is 0.172 e. The van der Waals surface area contributed by atoms with Crippen LogP contribution in [0, 0.1) is 6.92 Å². The van der Waals surface area contributed by atoms with Crippen molar-refractivity contribution in [2.45, 2.75) is 13.3 Å². The fourth-order valence-electron chi connectivity index (χ4n) is 2.86. The molecular formula is C19H23N3O4S. The average molecular weight is 389 g/mol. The van der Waals surface area contributed by atoms with Crippen LogP contribution < -0.4 is 9.47 Å². The number of methoxy groups -OCH3 is 2. The first-order chi connectivity index (χ1) is 13.1. The Morgan fingerprint density at radius 3 is 2.70 bits per heavy atom. The predicted octanol–water partition coefficient (Wildman–Crippen LogP) is 2.97. The zero-order valence-electron chi connectivity index (χ0n) is 15.9. The van der Waals surface area contributed by atoms with Gasteiger partial charge in [0.05, 0.1) is 24.8 Å². The van der Waals surface area contributed by atoms with E-state index < -0.39 is 11.0 Å². The molecule has 0 fully saturated rings. The van der Waals surface area contributed by atoms with Gasteiger partial charge in [0.15, 0.2) is 5.82 Å². The van der Waals surface area contributed by atoms with Gasteiger partial charge in [-0.25, -0.2) is 13.2 Å². The van der Waals surface area contributed by atoms with E-state index in [4.69, 9.17) is 14.2 Å². The standard InChI is InChI=1S/C19H23N3O4S/c1-13-17(26-11-5-10-24-2)8-9-20-18(13)19-21-15-12-14(25-3)6-7-16(15)22(19)27(4)23/h6-9,12H,5,10-11H2,1-4H3. The Kier molecular flexibility index (Phi) is 6.08. The number of aromatic nitrogens is 3. The first-order valence-electron chi connectivity index (χ1n) is 8.55. The molecule has 2 aromatic heterocycles. The van der Waals surface area contributed by atoms with Crippen LogP contribution in [0.5, 0.6) is 11.5 Å². The van der Waals surface area contributed by atoms with Crippen LogP contribution in [-0.4, -0.2) is 51.8 Å². The van der Waals surface area contributed by atoms with Gasteiger partial charge in [-0.1, -0.05) is 0 Å². The Morgan fingerprint density at radius 1 is 1.19 bits per heavy atom. The van der Waals surface area contributed by atoms with Gasteiger partial charge >= 0.3 is 0 Å². The Labute approximate surface area is 160 Å². The first-order valence-corrected chi connectivity index (χ1v) is 10.1. The zero-order chi connectivity index (χ0) is 19.4. The van der Waals surface area contributed by atoms with Gasteiger partial charge in [-0.05, 0) is 25.1 Å². The Bertz CT molecular complexity index is 971. The van der Waals surface area contributed by atoms with Crippen LogP contribution in [-0.2, 0) is 15.7 Å². The van der Waals surface area contributed by atoms with Gasteiger partial charge in [0.1, 0.15) is 28.2 Å². The van der Waals surface area contributed by atoms with Crippen molar-refractivity contribution in [2.75, 3.05) is 33.7 Å². The molecule has 8 heteroatoms. The molecule has 27 heavy (non-hydrogen) atoms. The van der Waals surface area contributed by atoms with Crippen molar-refractivity contribution in [2.24, 2.45) is 0 Å². The Hall–Kier alpha value is -2.45. The number of imidazole rings is 1. The van der Waals surface area contributed by atoms with Crippen LogP contribution in [0.15, 0.2) is 30.5 Å². The lowest BCUT2D eigenvalue weighted by atomic mass is 10.2. The monoisotopic (exact) mass is 389 g/mol. The van der Waals surface area contributed by atoms with Crippen molar-refractivity contribution in [3.63, 3.8) is 0 Å². The van der Waals surface area contributed by atoms with Gasteiger partial charge in [-0.15, -0.1) is 0 Å². The lowest BCUT2D eigenvalue weighted by molar-refractivity contribution is 0.172. The second kappa shape index (κ2) is 8.49. The highest BCUT2D eigenvalue weighted by Crippen LogP contribution is 2.31. The summed E-state index contributed by atoms with van der Waals surface area (Å²) in [6, 6.07) is 7.33. The van der Waals surface area contributed by atoms with Crippen LogP contribution in [0.2, 0.25) is 0 Å². The fourth-order valence-corrected chi connectivity index (χ4v) is 3.66. The van der Waals surface area contributed by atoms with E-state index in [1.807, 2.05) is 31.2 Å². The molecule has 7 nitrogen and oxygen atoms in total. The van der Waals surface area contributed by atoms with Crippen molar-refractivity contribution < 1.29 is 18.4 Å². The zero-order valence-corrected chi connectivity index (χ0v) is 16.7. The average Bonchev–Trinajstić information content (AvgIpc) is 3.04. The normalized spacial score (nSPS) is 12.3. The number of ether oxygens (including phenoxy) is 3. The molecule has 0 aliphatic carbocycles. The van der Waals surface area contributed by atoms with Crippen molar-refractivity contribution in [3.8, 4) is 23.0 Å². The van der Waals surface area contributed by atoms with Crippen molar-refractivity contribution >= 4 is 22.0 Å². The summed E-state index contributed by atoms with van der Waals surface area (Å²) in [7, 11) is 1.97. The van der Waals surface area contributed by atoms with Crippen molar-refractivity contribution in [3.05, 3.63) is 36.0 Å². The number of benzene rings is 1. The summed E-state index contributed by atoms with van der Waals surface area (Å²) in [6.07, 6.45) is 4.09. The van der Waals surface area contributed by atoms with Crippen molar-refractivity contribution in [1.82, 2.24) is 13.9 Å². The summed E-state index contributed by atoms with van der Waals surface area (Å²) in [5.41, 5.74) is 2.96. The molecule has 144 valence electrons. The number of pyridine rings is 1. The van der Waals surface area contributed by atoms with Gasteiger partial charge in [0.25, 0.3) is 0 Å². The van der Waals surface area contributed by atoms with Crippen LogP contribution in [0.3, 0.4) is 0 Å². The third kappa shape index (κ3) is 3.96. The maximum atomic E-state index is 12.4. The lowest BCUT2D eigenvalue weighted by Crippen LogP contribution is -2.07. The molecule has 0 spiro atoms. The molecule has 0 aliphatic heterocycles. The fraction of sp³-hybridized carbons (Fsp3) is 0.368. The molecule has 3 aromatic rings. The van der Waals surface area contributed by atoms with E-state index in [0.717, 1.165) is 23.3 Å². The van der Waals surface area contributed by atoms with Gasteiger partial charge < -0.3 is 14.2 Å². The SMILES string of the molecule is COCCCOc1ccnc(-c2nc3cc(OC)ccc3n2S(C)=O)c1C. The molecule has 2 heterocycles. The molecule has 0 saturated heterocycles. The third-order valence-corrected chi connectivity index (χ3v) is 5.08. The molecule has 1 atom stereocenters. The van der Waals surface area contributed by atoms with Gasteiger partial charge in [0.2, 0.25) is 0 Å². The second-order valence-corrected chi connectivity index (χ2v) is 7.20. The smallest absolute Gasteiger partial charge is 0.172 e. The number of hydrogen-bond acceptors (Lipinski definition) is 6.